The van der Waals surface area contributed by atoms with E-state index in [0.29, 0.717) is 20.9 Å². The Balaban J connectivity index is 2.90. The molecule has 3 amide bonds. The van der Waals surface area contributed by atoms with Crippen molar-refractivity contribution in [3.63, 3.8) is 0 Å². The maximum atomic E-state index is 13.6. The number of benzene rings is 1. The Bertz CT molecular complexity index is 1400. The standard InChI is InChI=1S/C19H27N3O4/c1-11(2)16(23)18(25)20-12(3)17(24)21-15-14-8-6-5-7-13(14)9-10-22(4)19(15)26/h5-8,11-12,15-16,23H,9-10H2,1-4H3,(H,20,25)(H,21,24)/t12-,15-,16-/m0/s1/i1D3,5D,6D,7D,8D,9D2,10D2,11D,12D,15D,16D,23D/hD2/t11?,12-,15-,16-. The van der Waals surface area contributed by atoms with Crippen LogP contribution in [-0.2, 0) is 20.8 Å². The number of fused-ring (bicyclic) bond motifs is 1. The highest BCUT2D eigenvalue weighted by molar-refractivity contribution is 5.93. The molecule has 2 rings (SSSR count). The van der Waals surface area contributed by atoms with E-state index in [1.807, 2.05) is 0 Å². The van der Waals surface area contributed by atoms with Crippen molar-refractivity contribution in [2.45, 2.75) is 45.2 Å². The average molecular weight is 380 g/mol. The van der Waals surface area contributed by atoms with Gasteiger partial charge in [-0.2, -0.15) is 0 Å². The molecule has 7 nitrogen and oxygen atoms in total. The number of hydrogen-bond acceptors (Lipinski definition) is 4. The Labute approximate surface area is 179 Å². The van der Waals surface area contributed by atoms with Crippen LogP contribution >= 0.6 is 0 Å². The quantitative estimate of drug-likeness (QED) is 0.665. The normalized spacial score (nSPS) is 41.2. The van der Waals surface area contributed by atoms with E-state index in [2.05, 4.69) is 5.11 Å². The van der Waals surface area contributed by atoms with Gasteiger partial charge < -0.3 is 20.6 Å². The summed E-state index contributed by atoms with van der Waals surface area (Å²) in [5.74, 6) is -9.75. The maximum Gasteiger partial charge on any atom is 0.249 e. The molecule has 0 spiro atoms. The third kappa shape index (κ3) is 4.40. The van der Waals surface area contributed by atoms with Gasteiger partial charge in [-0.3, -0.25) is 14.4 Å². The molecule has 0 aromatic heterocycles. The van der Waals surface area contributed by atoms with Crippen LogP contribution in [0.4, 0.5) is 0 Å². The SMILES string of the molecule is [2H]O[C@]([2H])(C(=O)N([2H])[C@@]([2H])(C)C(=O)N([2H])[C@]1([2H])C(=O)N(C)C([2H])([2H])C([2H])([2H])c2c([2H])c([2H])c([2H])c([2H])c21)C([2H])(C)C([2H])([2H])[2H]. The first kappa shape index (κ1) is 6.64. The van der Waals surface area contributed by atoms with E-state index in [4.69, 9.17) is 24.8 Å². The van der Waals surface area contributed by atoms with Crippen LogP contribution in [0.25, 0.3) is 0 Å². The second kappa shape index (κ2) is 8.31. The predicted octanol–water partition coefficient (Wildman–Crippen LogP) is 0.380. The third-order valence-electron chi connectivity index (χ3n) is 3.11. The second-order valence-corrected chi connectivity index (χ2v) is 5.07. The van der Waals surface area contributed by atoms with Crippen LogP contribution in [0, 0.1) is 5.89 Å². The summed E-state index contributed by atoms with van der Waals surface area (Å²) in [4.78, 5) is 40.2. The van der Waals surface area contributed by atoms with Gasteiger partial charge in [-0.25, -0.2) is 0 Å². The Kier molecular flexibility index (Phi) is 2.12. The van der Waals surface area contributed by atoms with E-state index in [1.54, 1.807) is 0 Å². The van der Waals surface area contributed by atoms with Gasteiger partial charge in [0.15, 0.2) is 2.82 Å². The summed E-state index contributed by atoms with van der Waals surface area (Å²) in [5.41, 5.74) is -2.73. The molecule has 7 heteroatoms. The summed E-state index contributed by atoms with van der Waals surface area (Å²) >= 11 is 0. The molecule has 4 atom stereocenters. The Hall–Kier alpha value is -2.41. The molecule has 1 aromatic rings. The molecule has 0 radical (unpaired) electrons. The van der Waals surface area contributed by atoms with E-state index in [9.17, 15) is 14.4 Å². The number of rotatable bonds is 6. The highest BCUT2D eigenvalue weighted by Crippen LogP contribution is 2.24. The first-order valence-electron chi connectivity index (χ1n) is 15.9. The van der Waals surface area contributed by atoms with Crippen LogP contribution in [-0.4, -0.2) is 54.8 Å². The minimum atomic E-state index is -3.83. The molecule has 0 fully saturated rings. The average Bonchev–Trinajstić information content (AvgIpc) is 2.95. The number of nitrogens with zero attached hydrogens (tertiary/aromatic N) is 1. The van der Waals surface area contributed by atoms with Crippen molar-refractivity contribution in [2.75, 3.05) is 13.5 Å². The fraction of sp³-hybridized carbons (Fsp3) is 0.526. The van der Waals surface area contributed by atoms with Gasteiger partial charge in [0.25, 0.3) is 0 Å². The van der Waals surface area contributed by atoms with E-state index in [-0.39, 0.29) is 4.90 Å². The van der Waals surface area contributed by atoms with E-state index in [1.165, 1.54) is 0 Å². The minimum absolute atomic E-state index is 0.0730. The molecule has 0 bridgehead atoms. The smallest absolute Gasteiger partial charge is 0.249 e. The van der Waals surface area contributed by atoms with Gasteiger partial charge in [-0.15, -0.1) is 0 Å². The summed E-state index contributed by atoms with van der Waals surface area (Å²) in [6.45, 7) is -6.16. The van der Waals surface area contributed by atoms with E-state index < -0.39 is 107 Å². The molecule has 1 heterocycles. The topological polar surface area (TPSA) is 98.7 Å². The Morgan fingerprint density at radius 3 is 2.96 bits per heavy atom. The van der Waals surface area contributed by atoms with Crippen LogP contribution in [0.1, 0.15) is 58.4 Å². The summed E-state index contributed by atoms with van der Waals surface area (Å²) < 4.78 is 145. The first-order valence-corrected chi connectivity index (χ1v) is 7.11. The van der Waals surface area contributed by atoms with Gasteiger partial charge >= 0.3 is 0 Å². The lowest BCUT2D eigenvalue weighted by Crippen LogP contribution is -2.51. The van der Waals surface area contributed by atoms with Gasteiger partial charge in [-0.1, -0.05) is 37.9 Å². The molecular formula is C19H27N3O4. The third-order valence-corrected chi connectivity index (χ3v) is 3.11. The monoisotopic (exact) mass is 379 g/mol. The van der Waals surface area contributed by atoms with Crippen LogP contribution < -0.4 is 10.6 Å². The van der Waals surface area contributed by atoms with Crippen LogP contribution in [0.5, 0.6) is 0 Å². The van der Waals surface area contributed by atoms with E-state index in [0.717, 1.165) is 0 Å². The lowest BCUT2D eigenvalue weighted by Gasteiger charge is -2.24. The predicted molar refractivity (Wildman–Crippen MR) is 97.1 cm³/mol. The van der Waals surface area contributed by atoms with Crippen molar-refractivity contribution in [3.05, 3.63) is 35.3 Å². The molecule has 0 aliphatic carbocycles. The molecule has 0 saturated carbocycles. The number of aliphatic hydroxyl groups is 1. The number of likely N-dealkylation sites (N-methyl/N-ethyl adjacent to an activating group) is 1. The number of carbonyl (C=O) groups excluding carboxylic acids is 3. The molecule has 3 N–H and O–H groups in total. The lowest BCUT2D eigenvalue weighted by molar-refractivity contribution is -0.137. The van der Waals surface area contributed by atoms with Gasteiger partial charge in [-0.05, 0) is 30.3 Å². The zero-order valence-corrected chi connectivity index (χ0v) is 14.0. The van der Waals surface area contributed by atoms with Gasteiger partial charge in [0.1, 0.15) is 18.1 Å². The second-order valence-electron chi connectivity index (χ2n) is 5.07. The molecule has 1 aromatic carbocycles. The summed E-state index contributed by atoms with van der Waals surface area (Å²) in [6.07, 6.45) is -7.34. The number of hydrogen-bond donors (Lipinski definition) is 3. The van der Waals surface area contributed by atoms with E-state index >= 15 is 0 Å². The molecule has 142 valence electrons. The van der Waals surface area contributed by atoms with Crippen LogP contribution in [0.3, 0.4) is 0 Å². The summed E-state index contributed by atoms with van der Waals surface area (Å²) in [6, 6.07) is -12.3. The maximum absolute atomic E-state index is 13.6. The molecule has 1 unspecified atom stereocenters. The van der Waals surface area contributed by atoms with Crippen molar-refractivity contribution < 1.29 is 42.9 Å². The molecule has 26 heavy (non-hydrogen) atoms. The zero-order chi connectivity index (χ0) is 35.1. The lowest BCUT2D eigenvalue weighted by atomic mass is 9.99. The van der Waals surface area contributed by atoms with Crippen LogP contribution in [0.15, 0.2) is 24.2 Å². The highest BCUT2D eigenvalue weighted by Gasteiger charge is 2.32. The minimum Gasteiger partial charge on any atom is -0.383 e. The Morgan fingerprint density at radius 2 is 2.27 bits per heavy atom. The zero-order valence-electron chi connectivity index (χ0n) is 32.0. The van der Waals surface area contributed by atoms with Crippen molar-refractivity contribution in [3.8, 4) is 0 Å². The first-order chi connectivity index (χ1) is 19.4. The fourth-order valence-electron chi connectivity index (χ4n) is 1.74. The highest BCUT2D eigenvalue weighted by atomic mass is 16.3. The molecule has 1 aliphatic heterocycles. The largest absolute Gasteiger partial charge is 0.383 e. The molecular weight excluding hydrogens is 334 g/mol. The fourth-order valence-corrected chi connectivity index (χ4v) is 1.74. The Morgan fingerprint density at radius 1 is 1.54 bits per heavy atom. The number of carbonyl (C=O) groups is 3. The summed E-state index contributed by atoms with van der Waals surface area (Å²) in [7, 11) is 0.605. The molecule has 0 saturated heterocycles. The number of amides is 3. The van der Waals surface area contributed by atoms with Crippen molar-refractivity contribution in [2.24, 2.45) is 5.89 Å². The van der Waals surface area contributed by atoms with Gasteiger partial charge in [0, 0.05) is 24.5 Å². The van der Waals surface area contributed by atoms with Gasteiger partial charge in [0.05, 0.1) is 9.60 Å². The molecule has 1 aliphatic rings. The summed E-state index contributed by atoms with van der Waals surface area (Å²) in [5, 5.41) is 2.41. The van der Waals surface area contributed by atoms with Crippen LogP contribution in [0.2, 0.25) is 2.82 Å². The number of nitrogens with one attached hydrogen (secondary N) is 2. The van der Waals surface area contributed by atoms with Gasteiger partial charge in [0.2, 0.25) is 19.2 Å². The van der Waals surface area contributed by atoms with Crippen molar-refractivity contribution in [1.82, 2.24) is 15.5 Å². The van der Waals surface area contributed by atoms with Crippen molar-refractivity contribution >= 4 is 17.7 Å². The van der Waals surface area contributed by atoms with Crippen molar-refractivity contribution in [1.29, 1.82) is 1.43 Å².